The molecule has 0 fully saturated rings. The number of amides is 1. The van der Waals surface area contributed by atoms with Gasteiger partial charge in [-0.05, 0) is 0 Å². The van der Waals surface area contributed by atoms with Gasteiger partial charge in [-0.25, -0.2) is 4.98 Å². The maximum absolute atomic E-state index is 11.7. The van der Waals surface area contributed by atoms with Gasteiger partial charge in [0.15, 0.2) is 0 Å². The molecule has 6 heteroatoms. The number of nitrogens with zero attached hydrogens (tertiary/aromatic N) is 2. The van der Waals surface area contributed by atoms with Gasteiger partial charge < -0.3 is 9.88 Å². The van der Waals surface area contributed by atoms with Gasteiger partial charge in [0.25, 0.3) is 5.91 Å². The quantitative estimate of drug-likeness (QED) is 0.738. The Morgan fingerprint density at radius 3 is 2.92 bits per heavy atom. The summed E-state index contributed by atoms with van der Waals surface area (Å²) in [4.78, 5) is 14.1. The molecule has 1 aromatic rings. The lowest BCUT2D eigenvalue weighted by Crippen LogP contribution is -2.31. The molecule has 0 aliphatic carbocycles. The number of carbonyl (C=O) groups excluding carboxylic acids is 1. The molecule has 0 unspecified atom stereocenters. The van der Waals surface area contributed by atoms with E-state index >= 15 is 0 Å². The van der Waals surface area contributed by atoms with Gasteiger partial charge in [-0.15, -0.1) is 0 Å². The number of nitrogens with one attached hydrogen (secondary N) is 1. The van der Waals surface area contributed by atoms with Gasteiger partial charge in [0.1, 0.15) is 0 Å². The third-order valence-corrected chi connectivity index (χ3v) is 1.43. The average Bonchev–Trinajstić information content (AvgIpc) is 2.56. The van der Waals surface area contributed by atoms with E-state index in [0.717, 1.165) is 0 Å². The van der Waals surface area contributed by atoms with Crippen LogP contribution in [-0.4, -0.2) is 28.4 Å². The minimum absolute atomic E-state index is 0.180. The van der Waals surface area contributed by atoms with E-state index < -0.39 is 12.3 Å². The Labute approximate surface area is 73.6 Å². The van der Waals surface area contributed by atoms with Gasteiger partial charge in [0, 0.05) is 25.5 Å². The summed E-state index contributed by atoms with van der Waals surface area (Å²) in [6.45, 7) is 0.623. The van der Waals surface area contributed by atoms with Gasteiger partial charge in [-0.2, -0.15) is 8.78 Å². The molecule has 0 saturated carbocycles. The first-order chi connectivity index (χ1) is 6.20. The maximum atomic E-state index is 11.7. The molecule has 1 aromatic heterocycles. The Bertz CT molecular complexity index is 261. The summed E-state index contributed by atoms with van der Waals surface area (Å²) in [6.07, 6.45) is 1.88. The average molecular weight is 189 g/mol. The topological polar surface area (TPSA) is 46.9 Å². The summed E-state index contributed by atoms with van der Waals surface area (Å²) in [5, 5.41) is 2.08. The molecular weight excluding hydrogens is 180 g/mol. The number of alkyl halides is 2. The van der Waals surface area contributed by atoms with Crippen LogP contribution in [0.2, 0.25) is 0 Å². The number of aromatic nitrogens is 2. The third-order valence-electron chi connectivity index (χ3n) is 1.43. The maximum Gasteiger partial charge on any atom is 0.315 e. The Hall–Kier alpha value is -1.46. The zero-order valence-electron chi connectivity index (χ0n) is 6.78. The molecule has 0 aliphatic rings. The molecular formula is C7H9F2N3O. The zero-order chi connectivity index (χ0) is 9.68. The van der Waals surface area contributed by atoms with E-state index in [2.05, 4.69) is 10.3 Å². The molecule has 1 amide bonds. The standard InChI is InChI=1S/C7H9F2N3O/c8-6(9)7(13)11-2-4-12-3-1-10-5-12/h1,3,5-6H,2,4H2,(H,11,13). The van der Waals surface area contributed by atoms with Crippen molar-refractivity contribution in [2.45, 2.75) is 13.0 Å². The van der Waals surface area contributed by atoms with Crippen molar-refractivity contribution in [3.8, 4) is 0 Å². The third kappa shape index (κ3) is 3.18. The molecule has 72 valence electrons. The molecule has 0 aliphatic heterocycles. The largest absolute Gasteiger partial charge is 0.349 e. The van der Waals surface area contributed by atoms with E-state index in [1.807, 2.05) is 0 Å². The van der Waals surface area contributed by atoms with Crippen molar-refractivity contribution in [2.24, 2.45) is 0 Å². The summed E-state index contributed by atoms with van der Waals surface area (Å²) in [6, 6.07) is 0. The van der Waals surface area contributed by atoms with Gasteiger partial charge in [0.2, 0.25) is 0 Å². The van der Waals surface area contributed by atoms with Crippen LogP contribution in [0.15, 0.2) is 18.7 Å². The second kappa shape index (κ2) is 4.54. The summed E-state index contributed by atoms with van der Waals surface area (Å²) in [7, 11) is 0. The lowest BCUT2D eigenvalue weighted by atomic mass is 10.5. The summed E-state index contributed by atoms with van der Waals surface area (Å²) in [5.41, 5.74) is 0. The van der Waals surface area contributed by atoms with E-state index in [4.69, 9.17) is 0 Å². The predicted molar refractivity (Wildman–Crippen MR) is 41.2 cm³/mol. The van der Waals surface area contributed by atoms with Gasteiger partial charge >= 0.3 is 6.43 Å². The second-order valence-corrected chi connectivity index (χ2v) is 2.39. The lowest BCUT2D eigenvalue weighted by Gasteiger charge is -2.04. The Kier molecular flexibility index (Phi) is 3.36. The lowest BCUT2D eigenvalue weighted by molar-refractivity contribution is -0.131. The molecule has 0 aromatic carbocycles. The fourth-order valence-electron chi connectivity index (χ4n) is 0.804. The van der Waals surface area contributed by atoms with Crippen LogP contribution in [0, 0.1) is 0 Å². The number of imidazole rings is 1. The van der Waals surface area contributed by atoms with Crippen molar-refractivity contribution in [2.75, 3.05) is 6.54 Å². The first-order valence-corrected chi connectivity index (χ1v) is 3.72. The van der Waals surface area contributed by atoms with E-state index in [1.54, 1.807) is 23.3 Å². The smallest absolute Gasteiger partial charge is 0.315 e. The monoisotopic (exact) mass is 189 g/mol. The Morgan fingerprint density at radius 2 is 2.38 bits per heavy atom. The van der Waals surface area contributed by atoms with Gasteiger partial charge in [-0.1, -0.05) is 0 Å². The number of hydrogen-bond donors (Lipinski definition) is 1. The van der Waals surface area contributed by atoms with Crippen molar-refractivity contribution >= 4 is 5.91 Å². The molecule has 13 heavy (non-hydrogen) atoms. The minimum Gasteiger partial charge on any atom is -0.349 e. The van der Waals surface area contributed by atoms with Crippen molar-refractivity contribution in [3.05, 3.63) is 18.7 Å². The van der Waals surface area contributed by atoms with Crippen molar-refractivity contribution in [1.29, 1.82) is 0 Å². The number of halogens is 2. The van der Waals surface area contributed by atoms with Crippen LogP contribution in [-0.2, 0) is 11.3 Å². The first-order valence-electron chi connectivity index (χ1n) is 3.72. The van der Waals surface area contributed by atoms with Crippen molar-refractivity contribution < 1.29 is 13.6 Å². The number of hydrogen-bond acceptors (Lipinski definition) is 2. The highest BCUT2D eigenvalue weighted by Crippen LogP contribution is 1.90. The van der Waals surface area contributed by atoms with Crippen LogP contribution in [0.3, 0.4) is 0 Å². The van der Waals surface area contributed by atoms with Crippen LogP contribution < -0.4 is 5.32 Å². The van der Waals surface area contributed by atoms with E-state index in [9.17, 15) is 13.6 Å². The first kappa shape index (κ1) is 9.63. The molecule has 0 atom stereocenters. The van der Waals surface area contributed by atoms with Crippen molar-refractivity contribution in [1.82, 2.24) is 14.9 Å². The predicted octanol–water partition coefficient (Wildman–Crippen LogP) is 0.264. The summed E-state index contributed by atoms with van der Waals surface area (Å²) in [5.74, 6) is -1.24. The molecule has 1 N–H and O–H groups in total. The number of carbonyl (C=O) groups is 1. The van der Waals surface area contributed by atoms with E-state index in [-0.39, 0.29) is 6.54 Å². The Balaban J connectivity index is 2.18. The van der Waals surface area contributed by atoms with Crippen LogP contribution in [0.25, 0.3) is 0 Å². The second-order valence-electron chi connectivity index (χ2n) is 2.39. The van der Waals surface area contributed by atoms with Crippen molar-refractivity contribution in [3.63, 3.8) is 0 Å². The van der Waals surface area contributed by atoms with Crippen LogP contribution in [0.5, 0.6) is 0 Å². The van der Waals surface area contributed by atoms with Crippen LogP contribution in [0.1, 0.15) is 0 Å². The molecule has 4 nitrogen and oxygen atoms in total. The molecule has 0 spiro atoms. The molecule has 0 saturated heterocycles. The zero-order valence-corrected chi connectivity index (χ0v) is 6.78. The van der Waals surface area contributed by atoms with E-state index in [0.29, 0.717) is 6.54 Å². The molecule has 0 bridgehead atoms. The van der Waals surface area contributed by atoms with Gasteiger partial charge in [-0.3, -0.25) is 4.79 Å². The number of rotatable bonds is 4. The molecule has 1 heterocycles. The van der Waals surface area contributed by atoms with E-state index in [1.165, 1.54) is 0 Å². The fraction of sp³-hybridized carbons (Fsp3) is 0.429. The van der Waals surface area contributed by atoms with Gasteiger partial charge in [0.05, 0.1) is 6.33 Å². The highest BCUT2D eigenvalue weighted by Gasteiger charge is 2.13. The highest BCUT2D eigenvalue weighted by atomic mass is 19.3. The van der Waals surface area contributed by atoms with Crippen LogP contribution >= 0.6 is 0 Å². The minimum atomic E-state index is -2.94. The SMILES string of the molecule is O=C(NCCn1ccnc1)C(F)F. The highest BCUT2D eigenvalue weighted by molar-refractivity contribution is 5.78. The normalized spacial score (nSPS) is 10.4. The van der Waals surface area contributed by atoms with Crippen LogP contribution in [0.4, 0.5) is 8.78 Å². The summed E-state index contributed by atoms with van der Waals surface area (Å²) >= 11 is 0. The molecule has 0 radical (unpaired) electrons. The molecule has 1 rings (SSSR count). The fourth-order valence-corrected chi connectivity index (χ4v) is 0.804. The summed E-state index contributed by atoms with van der Waals surface area (Å²) < 4.78 is 25.0. The Morgan fingerprint density at radius 1 is 1.62 bits per heavy atom.